The van der Waals surface area contributed by atoms with Gasteiger partial charge in [0.1, 0.15) is 5.92 Å². The van der Waals surface area contributed by atoms with E-state index in [2.05, 4.69) is 0 Å². The van der Waals surface area contributed by atoms with Crippen LogP contribution in [0.15, 0.2) is 0 Å². The first-order valence-electron chi connectivity index (χ1n) is 2.89. The molecule has 0 saturated carbocycles. The number of halogens is 1. The molecule has 1 unspecified atom stereocenters. The molecule has 3 nitrogen and oxygen atoms in total. The van der Waals surface area contributed by atoms with Crippen LogP contribution in [0.3, 0.4) is 0 Å². The zero-order valence-corrected chi connectivity index (χ0v) is 5.80. The average Bonchev–Trinajstić information content (AvgIpc) is 1.59. The van der Waals surface area contributed by atoms with Gasteiger partial charge in [-0.2, -0.15) is 4.39 Å². The molecule has 0 rings (SSSR count). The number of hydrogen-bond acceptors (Lipinski definition) is 2. The Labute approximate surface area is 57.8 Å². The Morgan fingerprint density at radius 1 is 1.40 bits per heavy atom. The van der Waals surface area contributed by atoms with E-state index in [1.54, 1.807) is 0 Å². The fourth-order valence-corrected chi connectivity index (χ4v) is 0.644. The summed E-state index contributed by atoms with van der Waals surface area (Å²) in [4.78, 5) is 20.1. The van der Waals surface area contributed by atoms with Crippen LogP contribution in [0.5, 0.6) is 0 Å². The normalized spacial score (nSPS) is 13.2. The van der Waals surface area contributed by atoms with Crippen LogP contribution >= 0.6 is 0 Å². The molecule has 0 aromatic carbocycles. The zero-order chi connectivity index (χ0) is 8.31. The van der Waals surface area contributed by atoms with Crippen molar-refractivity contribution in [3.8, 4) is 0 Å². The number of rotatable bonds is 3. The van der Waals surface area contributed by atoms with Crippen molar-refractivity contribution in [1.82, 2.24) is 0 Å². The molecule has 0 saturated heterocycles. The molecule has 0 heterocycles. The molecule has 0 aliphatic heterocycles. The van der Waals surface area contributed by atoms with E-state index in [4.69, 9.17) is 5.11 Å². The minimum Gasteiger partial charge on any atom is -0.481 e. The van der Waals surface area contributed by atoms with Crippen molar-refractivity contribution in [2.24, 2.45) is 11.8 Å². The highest BCUT2D eigenvalue weighted by Gasteiger charge is 2.29. The van der Waals surface area contributed by atoms with E-state index in [1.165, 1.54) is 13.8 Å². The van der Waals surface area contributed by atoms with E-state index in [1.807, 2.05) is 0 Å². The minimum atomic E-state index is -1.78. The Bertz CT molecular complexity index is 139. The summed E-state index contributed by atoms with van der Waals surface area (Å²) in [5, 5.41) is 8.25. The summed E-state index contributed by atoms with van der Waals surface area (Å²) in [6.45, 7) is 2.96. The summed E-state index contributed by atoms with van der Waals surface area (Å²) in [6.07, 6.45) is 0. The fourth-order valence-electron chi connectivity index (χ4n) is 0.644. The second-order valence-electron chi connectivity index (χ2n) is 2.36. The van der Waals surface area contributed by atoms with Crippen LogP contribution < -0.4 is 0 Å². The van der Waals surface area contributed by atoms with Crippen LogP contribution in [0.4, 0.5) is 4.39 Å². The lowest BCUT2D eigenvalue weighted by Gasteiger charge is -2.08. The molecular weight excluding hydrogens is 139 g/mol. The number of carbonyl (C=O) groups is 2. The number of carbonyl (C=O) groups excluding carboxylic acids is 1. The van der Waals surface area contributed by atoms with Crippen molar-refractivity contribution in [3.05, 3.63) is 0 Å². The summed E-state index contributed by atoms with van der Waals surface area (Å²) in [5.41, 5.74) is 0. The van der Waals surface area contributed by atoms with Crippen molar-refractivity contribution in [1.29, 1.82) is 0 Å². The Morgan fingerprint density at radius 2 is 1.80 bits per heavy atom. The number of aliphatic carboxylic acids is 1. The van der Waals surface area contributed by atoms with Gasteiger partial charge in [0.15, 0.2) is 0 Å². The summed E-state index contributed by atoms with van der Waals surface area (Å²) in [5.74, 6) is -3.39. The van der Waals surface area contributed by atoms with Gasteiger partial charge in [-0.25, -0.2) is 0 Å². The highest BCUT2D eigenvalue weighted by Crippen LogP contribution is 2.12. The predicted octanol–water partition coefficient (Wildman–Crippen LogP) is 0.839. The number of carboxylic acids is 1. The lowest BCUT2D eigenvalue weighted by Crippen LogP contribution is -2.25. The van der Waals surface area contributed by atoms with Crippen LogP contribution in [-0.2, 0) is 9.59 Å². The van der Waals surface area contributed by atoms with E-state index < -0.39 is 23.8 Å². The predicted molar refractivity (Wildman–Crippen MR) is 32.1 cm³/mol. The third kappa shape index (κ3) is 2.13. The Hall–Kier alpha value is -0.930. The Morgan fingerprint density at radius 3 is 1.80 bits per heavy atom. The number of hydrogen-bond donors (Lipinski definition) is 1. The van der Waals surface area contributed by atoms with Gasteiger partial charge < -0.3 is 5.11 Å². The third-order valence-electron chi connectivity index (χ3n) is 1.18. The molecule has 0 radical (unpaired) electrons. The highest BCUT2D eigenvalue weighted by atomic mass is 19.1. The van der Waals surface area contributed by atoms with Gasteiger partial charge in [0, 0.05) is 0 Å². The maximum atomic E-state index is 11.8. The van der Waals surface area contributed by atoms with Gasteiger partial charge in [0.2, 0.25) is 0 Å². The molecule has 0 bridgehead atoms. The fraction of sp³-hybridized carbons (Fsp3) is 0.667. The molecule has 0 aromatic heterocycles. The lowest BCUT2D eigenvalue weighted by atomic mass is 9.97. The molecule has 4 heteroatoms. The summed E-state index contributed by atoms with van der Waals surface area (Å²) in [7, 11) is 0. The quantitative estimate of drug-likeness (QED) is 0.476. The largest absolute Gasteiger partial charge is 0.481 e. The monoisotopic (exact) mass is 148 g/mol. The van der Waals surface area contributed by atoms with Gasteiger partial charge in [0.25, 0.3) is 0 Å². The van der Waals surface area contributed by atoms with Crippen LogP contribution in [0, 0.1) is 11.8 Å². The summed E-state index contributed by atoms with van der Waals surface area (Å²) >= 11 is 0. The van der Waals surface area contributed by atoms with Gasteiger partial charge in [0.05, 0.1) is 0 Å². The van der Waals surface area contributed by atoms with Crippen molar-refractivity contribution in [2.75, 3.05) is 0 Å². The topological polar surface area (TPSA) is 54.4 Å². The second-order valence-corrected chi connectivity index (χ2v) is 2.36. The van der Waals surface area contributed by atoms with Gasteiger partial charge in [-0.15, -0.1) is 0 Å². The third-order valence-corrected chi connectivity index (χ3v) is 1.18. The molecule has 0 aromatic rings. The Balaban J connectivity index is 4.27. The van der Waals surface area contributed by atoms with Crippen LogP contribution in [0.2, 0.25) is 0 Å². The zero-order valence-electron chi connectivity index (χ0n) is 5.80. The molecule has 0 fully saturated rings. The highest BCUT2D eigenvalue weighted by molar-refractivity contribution is 5.93. The molecule has 1 N–H and O–H groups in total. The molecule has 0 amide bonds. The van der Waals surface area contributed by atoms with Crippen molar-refractivity contribution in [2.45, 2.75) is 13.8 Å². The van der Waals surface area contributed by atoms with Crippen LogP contribution in [-0.4, -0.2) is 17.1 Å². The van der Waals surface area contributed by atoms with Gasteiger partial charge in [-0.3, -0.25) is 9.59 Å². The van der Waals surface area contributed by atoms with Crippen molar-refractivity contribution in [3.63, 3.8) is 0 Å². The van der Waals surface area contributed by atoms with Gasteiger partial charge in [-0.1, -0.05) is 13.8 Å². The maximum absolute atomic E-state index is 11.8. The van der Waals surface area contributed by atoms with Crippen LogP contribution in [0.25, 0.3) is 0 Å². The Kier molecular flexibility index (Phi) is 2.99. The van der Waals surface area contributed by atoms with Crippen LogP contribution in [0.1, 0.15) is 13.8 Å². The van der Waals surface area contributed by atoms with E-state index in [-0.39, 0.29) is 0 Å². The molecule has 0 aliphatic carbocycles. The van der Waals surface area contributed by atoms with Gasteiger partial charge >= 0.3 is 12.0 Å². The van der Waals surface area contributed by atoms with E-state index in [0.29, 0.717) is 0 Å². The van der Waals surface area contributed by atoms with Crippen molar-refractivity contribution < 1.29 is 19.1 Å². The molecule has 0 spiro atoms. The first-order chi connectivity index (χ1) is 4.46. The lowest BCUT2D eigenvalue weighted by molar-refractivity contribution is -0.152. The number of carboxylic acid groups (broad SMARTS) is 1. The minimum absolute atomic E-state index is 0.491. The standard InChI is InChI=1S/C6H9FO3/c1-3(2)4(5(7)8)6(9)10/h3-4H,1-2H3,(H,9,10). The SMILES string of the molecule is CC(C)C(C(=O)O)C(=O)F. The second kappa shape index (κ2) is 3.29. The van der Waals surface area contributed by atoms with E-state index in [9.17, 15) is 14.0 Å². The summed E-state index contributed by atoms with van der Waals surface area (Å²) < 4.78 is 11.8. The molecular formula is C6H9FO3. The first-order valence-corrected chi connectivity index (χ1v) is 2.89. The molecule has 1 atom stereocenters. The molecule has 10 heavy (non-hydrogen) atoms. The van der Waals surface area contributed by atoms with Gasteiger partial charge in [-0.05, 0) is 5.92 Å². The van der Waals surface area contributed by atoms with E-state index in [0.717, 1.165) is 0 Å². The molecule has 0 aliphatic rings. The van der Waals surface area contributed by atoms with E-state index >= 15 is 0 Å². The average molecular weight is 148 g/mol. The molecule has 58 valence electrons. The smallest absolute Gasteiger partial charge is 0.317 e. The maximum Gasteiger partial charge on any atom is 0.317 e. The van der Waals surface area contributed by atoms with Crippen molar-refractivity contribution >= 4 is 12.0 Å². The first kappa shape index (κ1) is 9.07. The summed E-state index contributed by atoms with van der Waals surface area (Å²) in [6, 6.07) is -1.78.